The van der Waals surface area contributed by atoms with E-state index < -0.39 is 5.91 Å². The fourth-order valence-electron chi connectivity index (χ4n) is 3.92. The van der Waals surface area contributed by atoms with Gasteiger partial charge in [-0.1, -0.05) is 30.3 Å². The number of primary amides is 1. The molecule has 4 N–H and O–H groups in total. The van der Waals surface area contributed by atoms with E-state index in [9.17, 15) is 4.79 Å². The summed E-state index contributed by atoms with van der Waals surface area (Å²) in [5.41, 5.74) is 17.4. The number of aryl methyl sites for hydroxylation is 1. The Labute approximate surface area is 190 Å². The van der Waals surface area contributed by atoms with Crippen LogP contribution in [0.1, 0.15) is 16.1 Å². The Morgan fingerprint density at radius 1 is 0.909 bits per heavy atom. The van der Waals surface area contributed by atoms with Crippen LogP contribution in [0.3, 0.4) is 0 Å². The molecule has 0 unspecified atom stereocenters. The normalized spacial score (nSPS) is 10.9. The summed E-state index contributed by atoms with van der Waals surface area (Å²) in [6.07, 6.45) is 1.67. The molecule has 5 rings (SSSR count). The zero-order valence-corrected chi connectivity index (χ0v) is 17.9. The van der Waals surface area contributed by atoms with Crippen molar-refractivity contribution in [1.82, 2.24) is 14.6 Å². The molecule has 0 radical (unpaired) electrons. The Kier molecular flexibility index (Phi) is 4.99. The summed E-state index contributed by atoms with van der Waals surface area (Å²) in [4.78, 5) is 16.9. The molecule has 0 fully saturated rings. The van der Waals surface area contributed by atoms with Crippen LogP contribution in [0.5, 0.6) is 11.6 Å². The van der Waals surface area contributed by atoms with Crippen molar-refractivity contribution in [2.75, 3.05) is 5.73 Å². The molecule has 2 aromatic carbocycles. The lowest BCUT2D eigenvalue weighted by molar-refractivity contribution is 0.100. The molecule has 7 heteroatoms. The third-order valence-electron chi connectivity index (χ3n) is 5.36. The van der Waals surface area contributed by atoms with Crippen molar-refractivity contribution in [1.29, 1.82) is 0 Å². The van der Waals surface area contributed by atoms with Gasteiger partial charge in [0.25, 0.3) is 5.91 Å². The van der Waals surface area contributed by atoms with Gasteiger partial charge in [-0.2, -0.15) is 5.10 Å². The van der Waals surface area contributed by atoms with Gasteiger partial charge in [-0.3, -0.25) is 4.79 Å². The summed E-state index contributed by atoms with van der Waals surface area (Å²) in [6.45, 7) is 1.91. The van der Waals surface area contributed by atoms with E-state index in [-0.39, 0.29) is 0 Å². The minimum Gasteiger partial charge on any atom is -0.439 e. The predicted octanol–water partition coefficient (Wildman–Crippen LogP) is 4.85. The average Bonchev–Trinajstić information content (AvgIpc) is 3.16. The van der Waals surface area contributed by atoms with Crippen LogP contribution < -0.4 is 16.2 Å². The highest BCUT2D eigenvalue weighted by Gasteiger charge is 2.24. The van der Waals surface area contributed by atoms with Gasteiger partial charge in [-0.25, -0.2) is 9.50 Å². The fourth-order valence-corrected chi connectivity index (χ4v) is 3.92. The zero-order valence-electron chi connectivity index (χ0n) is 17.9. The molecular weight excluding hydrogens is 414 g/mol. The number of nitrogen functional groups attached to an aromatic ring is 1. The Morgan fingerprint density at radius 2 is 1.64 bits per heavy atom. The first kappa shape index (κ1) is 20.3. The molecular formula is C26H21N5O2. The summed E-state index contributed by atoms with van der Waals surface area (Å²) in [5, 5.41) is 4.50. The summed E-state index contributed by atoms with van der Waals surface area (Å²) in [6, 6.07) is 24.1. The van der Waals surface area contributed by atoms with Gasteiger partial charge >= 0.3 is 0 Å². The number of ether oxygens (including phenoxy) is 1. The predicted molar refractivity (Wildman–Crippen MR) is 128 cm³/mol. The molecule has 0 bridgehead atoms. The van der Waals surface area contributed by atoms with Gasteiger partial charge in [0.2, 0.25) is 5.88 Å². The number of nitrogens with zero attached hydrogens (tertiary/aromatic N) is 3. The zero-order chi connectivity index (χ0) is 22.9. The van der Waals surface area contributed by atoms with Crippen molar-refractivity contribution >= 4 is 17.1 Å². The molecule has 162 valence electrons. The van der Waals surface area contributed by atoms with Gasteiger partial charge < -0.3 is 16.2 Å². The number of rotatable bonds is 5. The van der Waals surface area contributed by atoms with Gasteiger partial charge in [0.05, 0.1) is 16.8 Å². The monoisotopic (exact) mass is 435 g/mol. The number of pyridine rings is 1. The molecule has 7 nitrogen and oxygen atoms in total. The van der Waals surface area contributed by atoms with Crippen LogP contribution in [-0.2, 0) is 0 Å². The highest BCUT2D eigenvalue weighted by atomic mass is 16.5. The summed E-state index contributed by atoms with van der Waals surface area (Å²) in [5.74, 6) is 0.622. The highest BCUT2D eigenvalue weighted by Crippen LogP contribution is 2.39. The van der Waals surface area contributed by atoms with E-state index in [1.165, 1.54) is 0 Å². The minimum absolute atomic E-state index is 0.406. The number of carbonyl (C=O) groups is 1. The van der Waals surface area contributed by atoms with Crippen molar-refractivity contribution in [3.63, 3.8) is 0 Å². The van der Waals surface area contributed by atoms with E-state index in [1.807, 2.05) is 73.7 Å². The number of amides is 1. The molecule has 0 saturated heterocycles. The van der Waals surface area contributed by atoms with E-state index >= 15 is 0 Å². The van der Waals surface area contributed by atoms with Gasteiger partial charge in [0.1, 0.15) is 5.75 Å². The maximum Gasteiger partial charge on any atom is 0.251 e. The summed E-state index contributed by atoms with van der Waals surface area (Å²) in [7, 11) is 0. The number of fused-ring (bicyclic) bond motifs is 1. The Balaban J connectivity index is 1.67. The number of hydrogen-bond donors (Lipinski definition) is 2. The number of benzene rings is 2. The van der Waals surface area contributed by atoms with Crippen LogP contribution in [0.4, 0.5) is 5.69 Å². The number of nitrogens with two attached hydrogens (primary N) is 2. The quantitative estimate of drug-likeness (QED) is 0.384. The lowest BCUT2D eigenvalue weighted by Crippen LogP contribution is -2.11. The fraction of sp³-hybridized carbons (Fsp3) is 0.0385. The summed E-state index contributed by atoms with van der Waals surface area (Å²) < 4.78 is 7.62. The second kappa shape index (κ2) is 8.12. The molecule has 0 aliphatic heterocycles. The Bertz CT molecular complexity index is 1470. The Hall–Kier alpha value is -4.65. The largest absolute Gasteiger partial charge is 0.439 e. The molecule has 0 aliphatic rings. The van der Waals surface area contributed by atoms with Crippen LogP contribution in [0.25, 0.3) is 27.9 Å². The van der Waals surface area contributed by atoms with Crippen LogP contribution in [0.15, 0.2) is 85.1 Å². The smallest absolute Gasteiger partial charge is 0.251 e. The van der Waals surface area contributed by atoms with Crippen molar-refractivity contribution in [3.8, 4) is 34.0 Å². The number of aromatic nitrogens is 3. The lowest BCUT2D eigenvalue weighted by Gasteiger charge is -2.10. The van der Waals surface area contributed by atoms with Gasteiger partial charge in [-0.15, -0.1) is 0 Å². The SMILES string of the molecule is Cc1cccc(Oc2ccc(-c3c(C(N)=O)c4cccnn4c3-c3ccc(N)cc3)cc2)n1. The van der Waals surface area contributed by atoms with Crippen molar-refractivity contribution in [2.45, 2.75) is 6.92 Å². The number of hydrogen-bond acceptors (Lipinski definition) is 5. The third kappa shape index (κ3) is 3.76. The molecule has 0 saturated carbocycles. The standard InChI is InChI=1S/C26H21N5O2/c1-16-4-2-6-22(30-16)33-20-13-9-17(10-14-20)23-24(26(28)32)21-5-3-15-29-31(21)25(23)18-7-11-19(27)12-8-18/h2-15H,27H2,1H3,(H2,28,32). The van der Waals surface area contributed by atoms with Crippen LogP contribution >= 0.6 is 0 Å². The van der Waals surface area contributed by atoms with Crippen LogP contribution in [0.2, 0.25) is 0 Å². The first-order valence-corrected chi connectivity index (χ1v) is 10.4. The van der Waals surface area contributed by atoms with Crippen LogP contribution in [0, 0.1) is 6.92 Å². The van der Waals surface area contributed by atoms with E-state index in [1.54, 1.807) is 22.8 Å². The molecule has 1 amide bonds. The van der Waals surface area contributed by atoms with E-state index in [4.69, 9.17) is 16.2 Å². The highest BCUT2D eigenvalue weighted by molar-refractivity contribution is 6.10. The maximum absolute atomic E-state index is 12.6. The molecule has 0 aliphatic carbocycles. The summed E-state index contributed by atoms with van der Waals surface area (Å²) >= 11 is 0. The van der Waals surface area contributed by atoms with E-state index in [0.717, 1.165) is 22.5 Å². The maximum atomic E-state index is 12.6. The molecule has 0 spiro atoms. The van der Waals surface area contributed by atoms with Gasteiger partial charge in [-0.05, 0) is 55.0 Å². The van der Waals surface area contributed by atoms with E-state index in [2.05, 4.69) is 10.1 Å². The van der Waals surface area contributed by atoms with Crippen LogP contribution in [-0.4, -0.2) is 20.5 Å². The molecule has 3 heterocycles. The third-order valence-corrected chi connectivity index (χ3v) is 5.36. The first-order valence-electron chi connectivity index (χ1n) is 10.4. The minimum atomic E-state index is -0.526. The topological polar surface area (TPSA) is 109 Å². The first-order chi connectivity index (χ1) is 16.0. The van der Waals surface area contributed by atoms with Crippen molar-refractivity contribution < 1.29 is 9.53 Å². The second-order valence-electron chi connectivity index (χ2n) is 7.65. The van der Waals surface area contributed by atoms with Gasteiger partial charge in [0, 0.05) is 34.8 Å². The molecule has 3 aromatic heterocycles. The number of carbonyl (C=O) groups excluding carboxylic acids is 1. The number of anilines is 1. The molecule has 33 heavy (non-hydrogen) atoms. The Morgan fingerprint density at radius 3 is 2.33 bits per heavy atom. The average molecular weight is 435 g/mol. The van der Waals surface area contributed by atoms with E-state index in [0.29, 0.717) is 34.0 Å². The molecule has 0 atom stereocenters. The van der Waals surface area contributed by atoms with Crippen molar-refractivity contribution in [2.24, 2.45) is 5.73 Å². The lowest BCUT2D eigenvalue weighted by atomic mass is 9.96. The molecule has 5 aromatic rings. The van der Waals surface area contributed by atoms with Gasteiger partial charge in [0.15, 0.2) is 0 Å². The van der Waals surface area contributed by atoms with Crippen molar-refractivity contribution in [3.05, 3.63) is 96.3 Å². The second-order valence-corrected chi connectivity index (χ2v) is 7.65.